The third-order valence-corrected chi connectivity index (χ3v) is 7.42. The predicted octanol–water partition coefficient (Wildman–Crippen LogP) is 4.81. The van der Waals surface area contributed by atoms with E-state index >= 15 is 0 Å². The number of anilines is 1. The number of halogens is 3. The number of hydrogen-bond acceptors (Lipinski definition) is 6. The number of piperazine rings is 1. The van der Waals surface area contributed by atoms with Gasteiger partial charge in [0.2, 0.25) is 0 Å². The molecule has 0 radical (unpaired) electrons. The Morgan fingerprint density at radius 1 is 1.04 bits per heavy atom. The average Bonchev–Trinajstić information content (AvgIpc) is 3.45. The SMILES string of the molecule is CC(C)Cc1cc(C(=O)N2CCN[C@@H](Cc3ccccc3)C2)nnc1NC(=O)NCCc1c[nH]c2ccccc12.O=C(O)C(F)(F)F. The van der Waals surface area contributed by atoms with Crippen LogP contribution in [0, 0.1) is 5.92 Å². The summed E-state index contributed by atoms with van der Waals surface area (Å²) in [5.74, 6) is -2.19. The van der Waals surface area contributed by atoms with Crippen LogP contribution in [0.25, 0.3) is 10.9 Å². The van der Waals surface area contributed by atoms with Crippen LogP contribution in [-0.2, 0) is 24.1 Å². The summed E-state index contributed by atoms with van der Waals surface area (Å²) in [6.07, 6.45) is -0.883. The van der Waals surface area contributed by atoms with Crippen LogP contribution in [0.15, 0.2) is 66.9 Å². The monoisotopic (exact) mass is 653 g/mol. The van der Waals surface area contributed by atoms with Crippen LogP contribution >= 0.6 is 0 Å². The van der Waals surface area contributed by atoms with Gasteiger partial charge in [-0.05, 0) is 54.0 Å². The molecule has 0 spiro atoms. The lowest BCUT2D eigenvalue weighted by molar-refractivity contribution is -0.192. The fourth-order valence-electron chi connectivity index (χ4n) is 5.24. The van der Waals surface area contributed by atoms with Crippen molar-refractivity contribution in [3.05, 3.63) is 89.2 Å². The number of para-hydroxylation sites is 1. The number of hydrogen-bond donors (Lipinski definition) is 5. The molecule has 47 heavy (non-hydrogen) atoms. The van der Waals surface area contributed by atoms with Gasteiger partial charge in [-0.2, -0.15) is 13.2 Å². The van der Waals surface area contributed by atoms with Crippen molar-refractivity contribution in [2.24, 2.45) is 5.92 Å². The zero-order valence-corrected chi connectivity index (χ0v) is 26.1. The summed E-state index contributed by atoms with van der Waals surface area (Å²) in [4.78, 5) is 40.1. The molecule has 4 aromatic rings. The second kappa shape index (κ2) is 16.0. The van der Waals surface area contributed by atoms with E-state index in [1.807, 2.05) is 47.5 Å². The Morgan fingerprint density at radius 2 is 1.74 bits per heavy atom. The zero-order valence-electron chi connectivity index (χ0n) is 26.1. The average molecular weight is 654 g/mol. The number of carboxylic acids is 1. The van der Waals surface area contributed by atoms with Crippen molar-refractivity contribution < 1.29 is 32.7 Å². The van der Waals surface area contributed by atoms with Gasteiger partial charge in [-0.3, -0.25) is 10.1 Å². The first-order valence-electron chi connectivity index (χ1n) is 15.2. The van der Waals surface area contributed by atoms with E-state index in [9.17, 15) is 22.8 Å². The van der Waals surface area contributed by atoms with Crippen molar-refractivity contribution in [3.63, 3.8) is 0 Å². The first-order valence-corrected chi connectivity index (χ1v) is 15.2. The number of alkyl halides is 3. The van der Waals surface area contributed by atoms with Crippen molar-refractivity contribution >= 4 is 34.6 Å². The number of carbonyl (C=O) groups is 3. The molecule has 2 aromatic carbocycles. The molecule has 0 aliphatic carbocycles. The minimum absolute atomic E-state index is 0.133. The van der Waals surface area contributed by atoms with Crippen LogP contribution in [0.2, 0.25) is 0 Å². The van der Waals surface area contributed by atoms with Crippen LogP contribution in [0.1, 0.15) is 41.0 Å². The lowest BCUT2D eigenvalue weighted by Gasteiger charge is -2.33. The van der Waals surface area contributed by atoms with E-state index in [0.29, 0.717) is 49.9 Å². The summed E-state index contributed by atoms with van der Waals surface area (Å²) >= 11 is 0. The Labute approximate surface area is 270 Å². The highest BCUT2D eigenvalue weighted by Crippen LogP contribution is 2.20. The van der Waals surface area contributed by atoms with E-state index in [4.69, 9.17) is 9.90 Å². The molecular weight excluding hydrogens is 615 g/mol. The minimum Gasteiger partial charge on any atom is -0.475 e. The van der Waals surface area contributed by atoms with Crippen molar-refractivity contribution in [2.75, 3.05) is 31.5 Å². The smallest absolute Gasteiger partial charge is 0.475 e. The van der Waals surface area contributed by atoms with Crippen molar-refractivity contribution in [2.45, 2.75) is 45.3 Å². The molecule has 14 heteroatoms. The number of amides is 3. The van der Waals surface area contributed by atoms with Crippen molar-refractivity contribution in [3.8, 4) is 0 Å². The van der Waals surface area contributed by atoms with Gasteiger partial charge in [0.15, 0.2) is 11.5 Å². The normalized spacial score (nSPS) is 14.8. The number of aliphatic carboxylic acids is 1. The molecule has 1 fully saturated rings. The van der Waals surface area contributed by atoms with E-state index in [1.54, 1.807) is 6.07 Å². The number of nitrogens with zero attached hydrogens (tertiary/aromatic N) is 3. The number of nitrogens with one attached hydrogen (secondary N) is 4. The summed E-state index contributed by atoms with van der Waals surface area (Å²) in [7, 11) is 0. The molecule has 11 nitrogen and oxygen atoms in total. The number of benzene rings is 2. The number of aromatic nitrogens is 3. The molecule has 250 valence electrons. The maximum Gasteiger partial charge on any atom is 0.490 e. The van der Waals surface area contributed by atoms with Gasteiger partial charge >= 0.3 is 18.2 Å². The second-order valence-corrected chi connectivity index (χ2v) is 11.6. The maximum absolute atomic E-state index is 13.4. The summed E-state index contributed by atoms with van der Waals surface area (Å²) < 4.78 is 31.7. The summed E-state index contributed by atoms with van der Waals surface area (Å²) in [5, 5.41) is 26.1. The Kier molecular flexibility index (Phi) is 11.9. The molecule has 0 unspecified atom stereocenters. The molecule has 3 amide bonds. The Morgan fingerprint density at radius 3 is 2.45 bits per heavy atom. The van der Waals surface area contributed by atoms with E-state index in [-0.39, 0.29) is 18.0 Å². The van der Waals surface area contributed by atoms with Crippen molar-refractivity contribution in [1.29, 1.82) is 0 Å². The molecule has 0 bridgehead atoms. The third-order valence-electron chi connectivity index (χ3n) is 7.42. The first-order chi connectivity index (χ1) is 22.4. The number of fused-ring (bicyclic) bond motifs is 1. The van der Waals surface area contributed by atoms with Crippen LogP contribution in [-0.4, -0.2) is 81.5 Å². The minimum atomic E-state index is -5.08. The largest absolute Gasteiger partial charge is 0.490 e. The number of urea groups is 1. The summed E-state index contributed by atoms with van der Waals surface area (Å²) in [5.41, 5.74) is 4.58. The molecule has 2 aromatic heterocycles. The zero-order chi connectivity index (χ0) is 34.0. The van der Waals surface area contributed by atoms with E-state index in [0.717, 1.165) is 35.0 Å². The highest BCUT2D eigenvalue weighted by atomic mass is 19.4. The molecule has 1 saturated heterocycles. The Bertz CT molecular complexity index is 1660. The van der Waals surface area contributed by atoms with Gasteiger partial charge in [-0.25, -0.2) is 9.59 Å². The van der Waals surface area contributed by atoms with E-state index in [1.165, 1.54) is 5.56 Å². The molecule has 3 heterocycles. The van der Waals surface area contributed by atoms with Gasteiger partial charge in [0.25, 0.3) is 5.91 Å². The quantitative estimate of drug-likeness (QED) is 0.174. The predicted molar refractivity (Wildman–Crippen MR) is 171 cm³/mol. The van der Waals surface area contributed by atoms with Crippen molar-refractivity contribution in [1.82, 2.24) is 30.7 Å². The second-order valence-electron chi connectivity index (χ2n) is 11.6. The maximum atomic E-state index is 13.4. The van der Waals surface area contributed by atoms with Crippen LogP contribution in [0.3, 0.4) is 0 Å². The highest BCUT2D eigenvalue weighted by molar-refractivity contribution is 5.94. The number of carboxylic acid groups (broad SMARTS) is 1. The van der Waals surface area contributed by atoms with Crippen LogP contribution in [0.5, 0.6) is 0 Å². The fourth-order valence-corrected chi connectivity index (χ4v) is 5.24. The summed E-state index contributed by atoms with van der Waals surface area (Å²) in [6, 6.07) is 20.0. The third kappa shape index (κ3) is 10.3. The Balaban J connectivity index is 0.000000644. The summed E-state index contributed by atoms with van der Waals surface area (Å²) in [6.45, 7) is 6.62. The van der Waals surface area contributed by atoms with Crippen LogP contribution < -0.4 is 16.0 Å². The lowest BCUT2D eigenvalue weighted by atomic mass is 10.0. The van der Waals surface area contributed by atoms with Crippen LogP contribution in [0.4, 0.5) is 23.8 Å². The number of carbonyl (C=O) groups excluding carboxylic acids is 2. The molecule has 5 rings (SSSR count). The van der Waals surface area contributed by atoms with Gasteiger partial charge < -0.3 is 25.6 Å². The molecule has 1 atom stereocenters. The Hall–Kier alpha value is -4.98. The fraction of sp³-hybridized carbons (Fsp3) is 0.364. The molecule has 1 aliphatic heterocycles. The molecule has 5 N–H and O–H groups in total. The molecule has 1 aliphatic rings. The number of rotatable bonds is 9. The van der Waals surface area contributed by atoms with Gasteiger partial charge in [0.05, 0.1) is 0 Å². The standard InChI is InChI=1S/C31H37N7O2.C2HF3O2/c1-21(2)16-24-18-28(30(39)38-15-14-32-25(20-38)17-22-8-4-3-5-9-22)36-37-29(24)35-31(40)33-13-12-23-19-34-27-11-7-6-10-26(23)27;3-2(4,5)1(6)7/h3-11,18-19,21,25,32,34H,12-17,20H2,1-2H3,(H2,33,35,37,40);(H,6,7)/t25-;/m0./s1. The van der Waals surface area contributed by atoms with E-state index in [2.05, 4.69) is 63.2 Å². The van der Waals surface area contributed by atoms with Gasteiger partial charge in [-0.1, -0.05) is 62.4 Å². The van der Waals surface area contributed by atoms with Gasteiger partial charge in [0.1, 0.15) is 0 Å². The number of H-pyrrole nitrogens is 1. The molecule has 0 saturated carbocycles. The topological polar surface area (TPSA) is 152 Å². The van der Waals surface area contributed by atoms with Gasteiger partial charge in [0, 0.05) is 49.3 Å². The van der Waals surface area contributed by atoms with Gasteiger partial charge in [-0.15, -0.1) is 10.2 Å². The first kappa shape index (κ1) is 34.9. The lowest BCUT2D eigenvalue weighted by Crippen LogP contribution is -2.53. The highest BCUT2D eigenvalue weighted by Gasteiger charge is 2.38. The number of aromatic amines is 1. The molecular formula is C33H38F3N7O4. The van der Waals surface area contributed by atoms with E-state index < -0.39 is 12.1 Å².